The predicted octanol–water partition coefficient (Wildman–Crippen LogP) is 3.52. The van der Waals surface area contributed by atoms with Crippen LogP contribution in [0.5, 0.6) is 11.5 Å². The van der Waals surface area contributed by atoms with Gasteiger partial charge in [-0.05, 0) is 80.8 Å². The second kappa shape index (κ2) is 16.5. The largest absolute Gasteiger partial charge is 0.493 e. The predicted molar refractivity (Wildman–Crippen MR) is 185 cm³/mol. The Bertz CT molecular complexity index is 1600. The second-order valence-corrected chi connectivity index (χ2v) is 13.1. The van der Waals surface area contributed by atoms with Crippen molar-refractivity contribution in [3.63, 3.8) is 0 Å². The molecule has 49 heavy (non-hydrogen) atoms. The summed E-state index contributed by atoms with van der Waals surface area (Å²) in [5.41, 5.74) is 2.27. The molecule has 5 rings (SSSR count). The number of nitrogens with zero attached hydrogens (tertiary/aromatic N) is 3. The number of likely N-dealkylation sites (N-methyl/N-ethyl adjacent to an activating group) is 1. The highest BCUT2D eigenvalue weighted by Gasteiger charge is 2.48. The van der Waals surface area contributed by atoms with Crippen LogP contribution in [0.3, 0.4) is 0 Å². The summed E-state index contributed by atoms with van der Waals surface area (Å²) in [6.45, 7) is 5.20. The van der Waals surface area contributed by atoms with Crippen molar-refractivity contribution in [2.45, 2.75) is 51.7 Å². The van der Waals surface area contributed by atoms with E-state index in [0.29, 0.717) is 55.2 Å². The minimum Gasteiger partial charge on any atom is -0.493 e. The van der Waals surface area contributed by atoms with Gasteiger partial charge in [0.25, 0.3) is 5.91 Å². The lowest BCUT2D eigenvalue weighted by Crippen LogP contribution is -2.56. The molecule has 2 N–H and O–H groups in total. The lowest BCUT2D eigenvalue weighted by Gasteiger charge is -2.40. The van der Waals surface area contributed by atoms with Crippen LogP contribution in [0.2, 0.25) is 0 Å². The van der Waals surface area contributed by atoms with Gasteiger partial charge >= 0.3 is 0 Å². The molecule has 0 aliphatic carbocycles. The van der Waals surface area contributed by atoms with Crippen LogP contribution in [0.25, 0.3) is 0 Å². The highest BCUT2D eigenvalue weighted by Crippen LogP contribution is 2.37. The number of aryl methyl sites for hydroxylation is 1. The van der Waals surface area contributed by atoms with Crippen LogP contribution < -0.4 is 20.1 Å². The van der Waals surface area contributed by atoms with Gasteiger partial charge in [0.05, 0.1) is 25.6 Å². The Labute approximate surface area is 288 Å². The first-order chi connectivity index (χ1) is 23.7. The monoisotopic (exact) mass is 669 g/mol. The summed E-state index contributed by atoms with van der Waals surface area (Å²) in [6, 6.07) is 19.9. The van der Waals surface area contributed by atoms with Crippen molar-refractivity contribution in [1.29, 1.82) is 0 Å². The van der Waals surface area contributed by atoms with Crippen molar-refractivity contribution in [2.75, 3.05) is 40.3 Å². The van der Waals surface area contributed by atoms with Crippen molar-refractivity contribution >= 4 is 23.6 Å². The lowest BCUT2D eigenvalue weighted by atomic mass is 9.79. The van der Waals surface area contributed by atoms with Gasteiger partial charge in [0, 0.05) is 50.7 Å². The van der Waals surface area contributed by atoms with Crippen molar-refractivity contribution in [2.24, 2.45) is 17.8 Å². The molecule has 0 saturated carbocycles. The summed E-state index contributed by atoms with van der Waals surface area (Å²) in [4.78, 5) is 62.3. The van der Waals surface area contributed by atoms with Gasteiger partial charge in [0.15, 0.2) is 11.5 Å². The highest BCUT2D eigenvalue weighted by molar-refractivity contribution is 5.95. The van der Waals surface area contributed by atoms with Gasteiger partial charge in [-0.15, -0.1) is 0 Å². The van der Waals surface area contributed by atoms with E-state index in [-0.39, 0.29) is 54.5 Å². The Hall–Kier alpha value is -4.93. The van der Waals surface area contributed by atoms with Crippen LogP contribution in [0, 0.1) is 17.8 Å². The third-order valence-electron chi connectivity index (χ3n) is 9.37. The zero-order chi connectivity index (χ0) is 34.9. The average Bonchev–Trinajstić information content (AvgIpc) is 3.55. The Morgan fingerprint density at radius 1 is 0.918 bits per heavy atom. The number of ether oxygens (including phenoxy) is 2. The topological polar surface area (TPSA) is 130 Å². The molecule has 11 nitrogen and oxygen atoms in total. The van der Waals surface area contributed by atoms with Crippen LogP contribution in [0.1, 0.15) is 48.3 Å². The zero-order valence-electron chi connectivity index (χ0n) is 28.8. The molecule has 4 atom stereocenters. The molecule has 11 heteroatoms. The fourth-order valence-corrected chi connectivity index (χ4v) is 6.90. The van der Waals surface area contributed by atoms with E-state index < -0.39 is 12.0 Å². The summed E-state index contributed by atoms with van der Waals surface area (Å²) in [5.74, 6) is -0.768. The quantitative estimate of drug-likeness (QED) is 0.285. The fraction of sp³-hybridized carbons (Fsp3) is 0.447. The number of likely N-dealkylation sites (tertiary alicyclic amines) is 2. The number of hydrogen-bond acceptors (Lipinski definition) is 7. The summed E-state index contributed by atoms with van der Waals surface area (Å²) >= 11 is 0. The molecule has 2 aromatic carbocycles. The number of rotatable bonds is 13. The molecule has 2 fully saturated rings. The Kier molecular flexibility index (Phi) is 11.9. The molecule has 2 saturated heterocycles. The molecule has 2 aliphatic heterocycles. The maximum Gasteiger partial charge on any atom is 0.254 e. The molecule has 0 radical (unpaired) electrons. The number of methoxy groups -OCH3 is 1. The molecular weight excluding hydrogens is 622 g/mol. The molecule has 2 aliphatic rings. The number of carbonyl (C=O) groups is 4. The molecular formula is C38H47N5O6. The molecule has 3 heterocycles. The summed E-state index contributed by atoms with van der Waals surface area (Å²) in [5, 5.41) is 5.71. The van der Waals surface area contributed by atoms with Crippen LogP contribution in [0.4, 0.5) is 0 Å². The number of carbonyl (C=O) groups excluding carboxylic acids is 4. The van der Waals surface area contributed by atoms with Gasteiger partial charge in [0.1, 0.15) is 6.04 Å². The van der Waals surface area contributed by atoms with Crippen molar-refractivity contribution in [1.82, 2.24) is 25.4 Å². The number of piperidine rings is 1. The van der Waals surface area contributed by atoms with Crippen molar-refractivity contribution in [3.05, 3.63) is 89.7 Å². The van der Waals surface area contributed by atoms with Gasteiger partial charge < -0.3 is 29.9 Å². The van der Waals surface area contributed by atoms with E-state index in [2.05, 4.69) is 15.6 Å². The van der Waals surface area contributed by atoms with Crippen LogP contribution >= 0.6 is 0 Å². The molecule has 4 amide bonds. The van der Waals surface area contributed by atoms with E-state index in [9.17, 15) is 19.2 Å². The summed E-state index contributed by atoms with van der Waals surface area (Å²) in [7, 11) is 3.10. The Balaban J connectivity index is 1.34. The number of fused-ring (bicyclic) bond motifs is 1. The van der Waals surface area contributed by atoms with Crippen molar-refractivity contribution < 1.29 is 28.7 Å². The standard InChI is InChI=1S/C38H47N5O6/c1-25(2)49-33-17-16-27(19-34(33)48-4)38(47)43-22-28-21-42(35(44)20-29-14-8-9-18-40-29)24-31(30(28)23-43)36(45)41-32(37(46)39-3)15-10-13-26-11-6-5-7-12-26/h5-9,11-12,14,16-19,25,28,30-32H,10,13,15,20-24H2,1-4H3,(H,39,46)(H,41,45)/t28?,30?,31?,32-/m0/s1. The highest BCUT2D eigenvalue weighted by atomic mass is 16.5. The van der Waals surface area contributed by atoms with Gasteiger partial charge in [-0.3, -0.25) is 24.2 Å². The number of benzene rings is 2. The number of amides is 4. The molecule has 1 aromatic heterocycles. The molecule has 3 aromatic rings. The van der Waals surface area contributed by atoms with Crippen LogP contribution in [-0.2, 0) is 27.2 Å². The first-order valence-corrected chi connectivity index (χ1v) is 17.0. The zero-order valence-corrected chi connectivity index (χ0v) is 28.8. The second-order valence-electron chi connectivity index (χ2n) is 13.1. The maximum absolute atomic E-state index is 14.1. The van der Waals surface area contributed by atoms with Gasteiger partial charge in [-0.2, -0.15) is 0 Å². The summed E-state index contributed by atoms with van der Waals surface area (Å²) in [6.07, 6.45) is 3.65. The number of nitrogens with one attached hydrogen (secondary N) is 2. The van der Waals surface area contributed by atoms with E-state index in [0.717, 1.165) is 12.0 Å². The van der Waals surface area contributed by atoms with E-state index in [1.807, 2.05) is 50.2 Å². The van der Waals surface area contributed by atoms with E-state index in [4.69, 9.17) is 9.47 Å². The van der Waals surface area contributed by atoms with Gasteiger partial charge in [-0.1, -0.05) is 36.4 Å². The van der Waals surface area contributed by atoms with Gasteiger partial charge in [-0.25, -0.2) is 0 Å². The summed E-state index contributed by atoms with van der Waals surface area (Å²) < 4.78 is 11.3. The van der Waals surface area contributed by atoms with Crippen molar-refractivity contribution in [3.8, 4) is 11.5 Å². The average molecular weight is 670 g/mol. The smallest absolute Gasteiger partial charge is 0.254 e. The third-order valence-corrected chi connectivity index (χ3v) is 9.37. The molecule has 0 spiro atoms. The number of hydrogen-bond donors (Lipinski definition) is 2. The fourth-order valence-electron chi connectivity index (χ4n) is 6.90. The van der Waals surface area contributed by atoms with Crippen LogP contribution in [-0.4, -0.2) is 90.9 Å². The van der Waals surface area contributed by atoms with Gasteiger partial charge in [0.2, 0.25) is 17.7 Å². The molecule has 260 valence electrons. The number of pyridine rings is 1. The maximum atomic E-state index is 14.1. The first kappa shape index (κ1) is 35.4. The van der Waals surface area contributed by atoms with E-state index in [1.54, 1.807) is 53.4 Å². The normalized spacial score (nSPS) is 19.2. The Morgan fingerprint density at radius 3 is 2.37 bits per heavy atom. The van der Waals surface area contributed by atoms with E-state index >= 15 is 0 Å². The molecule has 0 bridgehead atoms. The van der Waals surface area contributed by atoms with Crippen LogP contribution in [0.15, 0.2) is 72.9 Å². The minimum atomic E-state index is -0.725. The lowest BCUT2D eigenvalue weighted by molar-refractivity contribution is -0.140. The Morgan fingerprint density at radius 2 is 1.67 bits per heavy atom. The van der Waals surface area contributed by atoms with E-state index in [1.165, 1.54) is 7.11 Å². The minimum absolute atomic E-state index is 0.0598. The SMILES string of the molecule is CNC(=O)[C@H](CCCc1ccccc1)NC(=O)C1CN(C(=O)Cc2ccccn2)CC2CN(C(=O)c3ccc(OC(C)C)c(OC)c3)CC21. The third kappa shape index (κ3) is 8.95. The number of aromatic nitrogens is 1. The first-order valence-electron chi connectivity index (χ1n) is 17.0. The molecule has 3 unspecified atom stereocenters.